The Morgan fingerprint density at radius 3 is 2.73 bits per heavy atom. The van der Waals surface area contributed by atoms with Gasteiger partial charge in [0.05, 0.1) is 19.6 Å². The second-order valence-electron chi connectivity index (χ2n) is 6.61. The predicted molar refractivity (Wildman–Crippen MR) is 88.3 cm³/mol. The van der Waals surface area contributed by atoms with Crippen LogP contribution < -0.4 is 4.74 Å². The van der Waals surface area contributed by atoms with Gasteiger partial charge in [-0.1, -0.05) is 31.5 Å². The fourth-order valence-corrected chi connectivity index (χ4v) is 3.28. The van der Waals surface area contributed by atoms with Crippen molar-refractivity contribution in [1.29, 1.82) is 0 Å². The first-order valence-electron chi connectivity index (χ1n) is 8.29. The molecule has 3 unspecified atom stereocenters. The Balaban J connectivity index is 2.11. The third-order valence-electron chi connectivity index (χ3n) is 4.51. The Hall–Kier alpha value is -1.51. The number of hydrogen-bond acceptors (Lipinski definition) is 3. The third-order valence-corrected chi connectivity index (χ3v) is 4.51. The third kappa shape index (κ3) is 3.82. The van der Waals surface area contributed by atoms with E-state index in [1.165, 1.54) is 23.8 Å². The largest absolute Gasteiger partial charge is 0.493 e. The number of methoxy groups -OCH3 is 1. The van der Waals surface area contributed by atoms with E-state index in [4.69, 9.17) is 9.47 Å². The van der Waals surface area contributed by atoms with Crippen molar-refractivity contribution in [3.8, 4) is 5.75 Å². The van der Waals surface area contributed by atoms with Gasteiger partial charge in [-0.3, -0.25) is 4.79 Å². The Labute approximate surface area is 134 Å². The van der Waals surface area contributed by atoms with Crippen molar-refractivity contribution in [2.45, 2.75) is 52.9 Å². The topological polar surface area (TPSA) is 35.5 Å². The minimum absolute atomic E-state index is 0.0555. The summed E-state index contributed by atoms with van der Waals surface area (Å²) in [6, 6.07) is 4.41. The Kier molecular flexibility index (Phi) is 5.49. The number of benzene rings is 1. The van der Waals surface area contributed by atoms with Crippen molar-refractivity contribution >= 4 is 5.97 Å². The predicted octanol–water partition coefficient (Wildman–Crippen LogP) is 4.39. The van der Waals surface area contributed by atoms with E-state index in [1.54, 1.807) is 0 Å². The second-order valence-corrected chi connectivity index (χ2v) is 6.61. The highest BCUT2D eigenvalue weighted by atomic mass is 16.5. The zero-order valence-corrected chi connectivity index (χ0v) is 14.4. The Morgan fingerprint density at radius 1 is 1.36 bits per heavy atom. The van der Waals surface area contributed by atoms with E-state index in [2.05, 4.69) is 39.8 Å². The van der Waals surface area contributed by atoms with E-state index in [1.807, 2.05) is 0 Å². The normalized spacial score (nSPS) is 21.3. The van der Waals surface area contributed by atoms with Gasteiger partial charge in [-0.25, -0.2) is 0 Å². The molecule has 0 aliphatic heterocycles. The van der Waals surface area contributed by atoms with Gasteiger partial charge in [0.15, 0.2) is 0 Å². The number of carbonyl (C=O) groups excluding carboxylic acids is 1. The summed E-state index contributed by atoms with van der Waals surface area (Å²) in [5.74, 6) is 1.95. The van der Waals surface area contributed by atoms with E-state index >= 15 is 0 Å². The number of rotatable bonds is 7. The lowest BCUT2D eigenvalue weighted by Crippen LogP contribution is -2.08. The molecule has 1 saturated carbocycles. The molecular formula is C19H28O3. The molecule has 0 heterocycles. The van der Waals surface area contributed by atoms with Crippen LogP contribution in [0.1, 0.15) is 55.7 Å². The molecule has 1 aromatic rings. The van der Waals surface area contributed by atoms with Crippen LogP contribution in [-0.2, 0) is 9.53 Å². The van der Waals surface area contributed by atoms with Crippen molar-refractivity contribution < 1.29 is 14.3 Å². The zero-order valence-electron chi connectivity index (χ0n) is 14.4. The van der Waals surface area contributed by atoms with Gasteiger partial charge in [0.2, 0.25) is 0 Å². The van der Waals surface area contributed by atoms with Crippen LogP contribution in [0.3, 0.4) is 0 Å². The van der Waals surface area contributed by atoms with E-state index in [-0.39, 0.29) is 11.9 Å². The maximum atomic E-state index is 11.6. The van der Waals surface area contributed by atoms with Crippen molar-refractivity contribution in [3.05, 3.63) is 28.8 Å². The number of ether oxygens (including phenoxy) is 2. The van der Waals surface area contributed by atoms with Gasteiger partial charge in [0.1, 0.15) is 5.75 Å². The first kappa shape index (κ1) is 16.9. The van der Waals surface area contributed by atoms with Gasteiger partial charge in [-0.05, 0) is 56.1 Å². The summed E-state index contributed by atoms with van der Waals surface area (Å²) in [7, 11) is 1.47. The summed E-state index contributed by atoms with van der Waals surface area (Å²) in [5.41, 5.74) is 3.75. The maximum Gasteiger partial charge on any atom is 0.308 e. The number of carbonyl (C=O) groups is 1. The molecular weight excluding hydrogens is 276 g/mol. The first-order valence-corrected chi connectivity index (χ1v) is 8.29. The van der Waals surface area contributed by atoms with Crippen molar-refractivity contribution in [3.63, 3.8) is 0 Å². The summed E-state index contributed by atoms with van der Waals surface area (Å²) in [6.45, 7) is 9.35. The van der Waals surface area contributed by atoms with E-state index in [0.29, 0.717) is 11.8 Å². The summed E-state index contributed by atoms with van der Waals surface area (Å²) in [5, 5.41) is 0. The van der Waals surface area contributed by atoms with Crippen molar-refractivity contribution in [2.24, 2.45) is 11.8 Å². The molecule has 0 N–H and O–H groups in total. The van der Waals surface area contributed by atoms with Gasteiger partial charge >= 0.3 is 5.97 Å². The number of esters is 1. The minimum atomic E-state index is -0.0555. The minimum Gasteiger partial charge on any atom is -0.493 e. The lowest BCUT2D eigenvalue weighted by atomic mass is 9.91. The van der Waals surface area contributed by atoms with Crippen LogP contribution in [0, 0.1) is 25.7 Å². The maximum absolute atomic E-state index is 11.6. The lowest BCUT2D eigenvalue weighted by Gasteiger charge is -2.20. The monoisotopic (exact) mass is 304 g/mol. The average Bonchev–Trinajstić information content (AvgIpc) is 3.24. The zero-order chi connectivity index (χ0) is 16.3. The second kappa shape index (κ2) is 7.17. The van der Waals surface area contributed by atoms with Crippen LogP contribution in [0.25, 0.3) is 0 Å². The molecule has 1 fully saturated rings. The van der Waals surface area contributed by atoms with Crippen LogP contribution in [0.2, 0.25) is 0 Å². The molecule has 122 valence electrons. The van der Waals surface area contributed by atoms with Crippen molar-refractivity contribution in [2.75, 3.05) is 13.7 Å². The molecule has 3 atom stereocenters. The highest BCUT2D eigenvalue weighted by Crippen LogP contribution is 2.47. The molecule has 0 radical (unpaired) electrons. The van der Waals surface area contributed by atoms with Crippen LogP contribution in [-0.4, -0.2) is 19.7 Å². The molecule has 0 amide bonds. The highest BCUT2D eigenvalue weighted by molar-refractivity contribution is 5.75. The smallest absolute Gasteiger partial charge is 0.308 e. The van der Waals surface area contributed by atoms with Crippen LogP contribution in [0.15, 0.2) is 12.1 Å². The van der Waals surface area contributed by atoms with E-state index in [0.717, 1.165) is 31.6 Å². The average molecular weight is 304 g/mol. The van der Waals surface area contributed by atoms with Crippen LogP contribution in [0.4, 0.5) is 0 Å². The molecule has 2 rings (SSSR count). The first-order chi connectivity index (χ1) is 10.5. The van der Waals surface area contributed by atoms with Gasteiger partial charge < -0.3 is 9.47 Å². The van der Waals surface area contributed by atoms with Crippen LogP contribution >= 0.6 is 0 Å². The van der Waals surface area contributed by atoms with Gasteiger partial charge in [0.25, 0.3) is 0 Å². The van der Waals surface area contributed by atoms with Gasteiger partial charge in [-0.15, -0.1) is 0 Å². The summed E-state index contributed by atoms with van der Waals surface area (Å²) in [6.07, 6.45) is 2.99. The quantitative estimate of drug-likeness (QED) is 0.701. The SMILES string of the molecule is CCCOc1c(C)cc(C)cc1C(C)CC1CC1C(=O)OC. The molecule has 1 aliphatic carbocycles. The number of hydrogen-bond donors (Lipinski definition) is 0. The molecule has 0 bridgehead atoms. The van der Waals surface area contributed by atoms with Gasteiger partial charge in [-0.2, -0.15) is 0 Å². The standard InChI is InChI=1S/C19H28O3/c1-6-7-22-18-14(4)8-12(2)9-16(18)13(3)10-15-11-17(15)19(20)21-5/h8-9,13,15,17H,6-7,10-11H2,1-5H3. The molecule has 0 spiro atoms. The number of aryl methyl sites for hydroxylation is 2. The Bertz CT molecular complexity index is 536. The Morgan fingerprint density at radius 2 is 2.09 bits per heavy atom. The molecule has 1 aromatic carbocycles. The van der Waals surface area contributed by atoms with E-state index < -0.39 is 0 Å². The molecule has 1 aliphatic rings. The highest BCUT2D eigenvalue weighted by Gasteiger charge is 2.44. The molecule has 3 nitrogen and oxygen atoms in total. The molecule has 0 saturated heterocycles. The van der Waals surface area contributed by atoms with Gasteiger partial charge in [0, 0.05) is 0 Å². The van der Waals surface area contributed by atoms with E-state index in [9.17, 15) is 4.79 Å². The molecule has 22 heavy (non-hydrogen) atoms. The molecule has 0 aromatic heterocycles. The summed E-state index contributed by atoms with van der Waals surface area (Å²) < 4.78 is 10.8. The summed E-state index contributed by atoms with van der Waals surface area (Å²) >= 11 is 0. The summed E-state index contributed by atoms with van der Waals surface area (Å²) in [4.78, 5) is 11.6. The van der Waals surface area contributed by atoms with Crippen molar-refractivity contribution in [1.82, 2.24) is 0 Å². The molecule has 3 heteroatoms. The van der Waals surface area contributed by atoms with Crippen LogP contribution in [0.5, 0.6) is 5.75 Å². The fourth-order valence-electron chi connectivity index (χ4n) is 3.28. The lowest BCUT2D eigenvalue weighted by molar-refractivity contribution is -0.142. The fraction of sp³-hybridized carbons (Fsp3) is 0.632.